The van der Waals surface area contributed by atoms with Crippen LogP contribution >= 0.6 is 0 Å². The van der Waals surface area contributed by atoms with Crippen molar-refractivity contribution in [2.24, 2.45) is 5.10 Å². The van der Waals surface area contributed by atoms with E-state index in [1.165, 1.54) is 0 Å². The fraction of sp³-hybridized carbons (Fsp3) is 0.143. The SMILES string of the molecule is CCCOc1ccccc1C(=O)N/N=C/c1cccc2ccccc12. The van der Waals surface area contributed by atoms with Gasteiger partial charge in [0.2, 0.25) is 0 Å². The second-order valence-corrected chi connectivity index (χ2v) is 5.61. The maximum atomic E-state index is 12.4. The number of benzene rings is 3. The molecule has 0 radical (unpaired) electrons. The summed E-state index contributed by atoms with van der Waals surface area (Å²) in [4.78, 5) is 12.4. The third kappa shape index (κ3) is 4.04. The molecule has 0 saturated carbocycles. The van der Waals surface area contributed by atoms with Crippen molar-refractivity contribution in [1.29, 1.82) is 0 Å². The third-order valence-corrected chi connectivity index (χ3v) is 3.79. The summed E-state index contributed by atoms with van der Waals surface area (Å²) in [6.45, 7) is 2.60. The van der Waals surface area contributed by atoms with Gasteiger partial charge in [-0.1, -0.05) is 61.5 Å². The molecule has 0 bridgehead atoms. The molecule has 0 aliphatic heterocycles. The first-order chi connectivity index (χ1) is 12.3. The van der Waals surface area contributed by atoms with Crippen LogP contribution < -0.4 is 10.2 Å². The van der Waals surface area contributed by atoms with E-state index in [0.29, 0.717) is 17.9 Å². The summed E-state index contributed by atoms with van der Waals surface area (Å²) in [5.74, 6) is 0.283. The van der Waals surface area contributed by atoms with Crippen molar-refractivity contribution in [2.75, 3.05) is 6.61 Å². The van der Waals surface area contributed by atoms with E-state index in [-0.39, 0.29) is 5.91 Å². The predicted octanol–water partition coefficient (Wildman–Crippen LogP) is 4.39. The van der Waals surface area contributed by atoms with Crippen LogP contribution in [0.15, 0.2) is 71.8 Å². The summed E-state index contributed by atoms with van der Waals surface area (Å²) in [6, 6.07) is 21.2. The van der Waals surface area contributed by atoms with Crippen LogP contribution in [0.3, 0.4) is 0 Å². The number of fused-ring (bicyclic) bond motifs is 1. The molecular formula is C21H20N2O2. The van der Waals surface area contributed by atoms with Crippen LogP contribution in [0.5, 0.6) is 5.75 Å². The highest BCUT2D eigenvalue weighted by Gasteiger charge is 2.11. The summed E-state index contributed by atoms with van der Waals surface area (Å²) in [5, 5.41) is 6.34. The van der Waals surface area contributed by atoms with Crippen LogP contribution in [0.4, 0.5) is 0 Å². The number of rotatable bonds is 6. The van der Waals surface area contributed by atoms with Gasteiger partial charge in [0.15, 0.2) is 0 Å². The normalized spacial score (nSPS) is 10.9. The number of nitrogens with zero attached hydrogens (tertiary/aromatic N) is 1. The first-order valence-electron chi connectivity index (χ1n) is 8.32. The lowest BCUT2D eigenvalue weighted by molar-refractivity contribution is 0.0951. The van der Waals surface area contributed by atoms with Gasteiger partial charge >= 0.3 is 0 Å². The molecule has 1 amide bonds. The molecule has 3 aromatic rings. The second-order valence-electron chi connectivity index (χ2n) is 5.61. The standard InChI is InChI=1S/C21H20N2O2/c1-2-14-25-20-13-6-5-12-19(20)21(24)23-22-15-17-10-7-9-16-8-3-4-11-18(16)17/h3-13,15H,2,14H2,1H3,(H,23,24)/b22-15+. The van der Waals surface area contributed by atoms with Crippen LogP contribution in [-0.2, 0) is 0 Å². The van der Waals surface area contributed by atoms with Crippen LogP contribution in [-0.4, -0.2) is 18.7 Å². The van der Waals surface area contributed by atoms with Gasteiger partial charge in [0.1, 0.15) is 5.75 Å². The number of nitrogens with one attached hydrogen (secondary N) is 1. The van der Waals surface area contributed by atoms with E-state index in [4.69, 9.17) is 4.74 Å². The molecule has 3 aromatic carbocycles. The maximum Gasteiger partial charge on any atom is 0.275 e. The van der Waals surface area contributed by atoms with Gasteiger partial charge in [-0.15, -0.1) is 0 Å². The monoisotopic (exact) mass is 332 g/mol. The minimum atomic E-state index is -0.289. The van der Waals surface area contributed by atoms with Gasteiger partial charge in [-0.3, -0.25) is 4.79 Å². The fourth-order valence-electron chi connectivity index (χ4n) is 2.58. The van der Waals surface area contributed by atoms with Crippen LogP contribution in [0.2, 0.25) is 0 Å². The van der Waals surface area contributed by atoms with Gasteiger partial charge < -0.3 is 4.74 Å². The minimum absolute atomic E-state index is 0.289. The Hall–Kier alpha value is -3.14. The van der Waals surface area contributed by atoms with Gasteiger partial charge in [-0.25, -0.2) is 5.43 Å². The highest BCUT2D eigenvalue weighted by Crippen LogP contribution is 2.18. The van der Waals surface area contributed by atoms with Gasteiger partial charge in [-0.05, 0) is 29.3 Å². The summed E-state index contributed by atoms with van der Waals surface area (Å²) in [7, 11) is 0. The van der Waals surface area contributed by atoms with Gasteiger partial charge in [-0.2, -0.15) is 5.10 Å². The van der Waals surface area contributed by atoms with Crippen molar-refractivity contribution in [2.45, 2.75) is 13.3 Å². The number of hydrogen-bond acceptors (Lipinski definition) is 3. The number of para-hydroxylation sites is 1. The molecule has 0 spiro atoms. The molecule has 4 heteroatoms. The Kier molecular flexibility index (Phi) is 5.42. The molecule has 4 nitrogen and oxygen atoms in total. The number of carbonyl (C=O) groups is 1. The van der Waals surface area contributed by atoms with E-state index in [1.807, 2.05) is 61.5 Å². The molecule has 0 unspecified atom stereocenters. The average molecular weight is 332 g/mol. The summed E-state index contributed by atoms with van der Waals surface area (Å²) in [5.41, 5.74) is 4.01. The molecule has 0 atom stereocenters. The van der Waals surface area contributed by atoms with E-state index in [2.05, 4.69) is 10.5 Å². The Morgan fingerprint density at radius 1 is 1.04 bits per heavy atom. The molecule has 0 aliphatic rings. The molecule has 0 aliphatic carbocycles. The lowest BCUT2D eigenvalue weighted by atomic mass is 10.1. The van der Waals surface area contributed by atoms with E-state index >= 15 is 0 Å². The van der Waals surface area contributed by atoms with Crippen molar-refractivity contribution < 1.29 is 9.53 Å². The van der Waals surface area contributed by atoms with E-state index < -0.39 is 0 Å². The molecule has 1 N–H and O–H groups in total. The van der Waals surface area contributed by atoms with Crippen molar-refractivity contribution in [3.05, 3.63) is 77.9 Å². The van der Waals surface area contributed by atoms with E-state index in [9.17, 15) is 4.79 Å². The van der Waals surface area contributed by atoms with Crippen molar-refractivity contribution in [1.82, 2.24) is 5.43 Å². The fourth-order valence-corrected chi connectivity index (χ4v) is 2.58. The molecule has 25 heavy (non-hydrogen) atoms. The van der Waals surface area contributed by atoms with Gasteiger partial charge in [0, 0.05) is 5.56 Å². The molecule has 0 aromatic heterocycles. The lowest BCUT2D eigenvalue weighted by Gasteiger charge is -2.09. The van der Waals surface area contributed by atoms with Gasteiger partial charge in [0.25, 0.3) is 5.91 Å². The topological polar surface area (TPSA) is 50.7 Å². The minimum Gasteiger partial charge on any atom is -0.493 e. The Labute approximate surface area is 147 Å². The Morgan fingerprint density at radius 3 is 2.68 bits per heavy atom. The Morgan fingerprint density at radius 2 is 1.80 bits per heavy atom. The van der Waals surface area contributed by atoms with Crippen LogP contribution in [0, 0.1) is 0 Å². The first-order valence-corrected chi connectivity index (χ1v) is 8.32. The first kappa shape index (κ1) is 16.7. The van der Waals surface area contributed by atoms with Crippen LogP contribution in [0.25, 0.3) is 10.8 Å². The maximum absolute atomic E-state index is 12.4. The summed E-state index contributed by atoms with van der Waals surface area (Å²) >= 11 is 0. The average Bonchev–Trinajstić information content (AvgIpc) is 2.66. The zero-order valence-electron chi connectivity index (χ0n) is 14.1. The highest BCUT2D eigenvalue weighted by molar-refractivity contribution is 6.01. The zero-order valence-corrected chi connectivity index (χ0v) is 14.1. The zero-order chi connectivity index (χ0) is 17.5. The van der Waals surface area contributed by atoms with Crippen molar-refractivity contribution in [3.63, 3.8) is 0 Å². The molecular weight excluding hydrogens is 312 g/mol. The molecule has 0 heterocycles. The number of hydrogen-bond donors (Lipinski definition) is 1. The number of hydrazone groups is 1. The van der Waals surface area contributed by atoms with Crippen molar-refractivity contribution in [3.8, 4) is 5.75 Å². The molecule has 126 valence electrons. The largest absolute Gasteiger partial charge is 0.493 e. The number of carbonyl (C=O) groups excluding carboxylic acids is 1. The lowest BCUT2D eigenvalue weighted by Crippen LogP contribution is -2.18. The summed E-state index contributed by atoms with van der Waals surface area (Å²) in [6.07, 6.45) is 2.55. The van der Waals surface area contributed by atoms with E-state index in [1.54, 1.807) is 18.3 Å². The summed E-state index contributed by atoms with van der Waals surface area (Å²) < 4.78 is 5.62. The third-order valence-electron chi connectivity index (χ3n) is 3.79. The molecule has 0 fully saturated rings. The van der Waals surface area contributed by atoms with E-state index in [0.717, 1.165) is 22.8 Å². The van der Waals surface area contributed by atoms with Crippen molar-refractivity contribution >= 4 is 22.9 Å². The second kappa shape index (κ2) is 8.11. The Balaban J connectivity index is 1.75. The molecule has 0 saturated heterocycles. The smallest absolute Gasteiger partial charge is 0.275 e. The van der Waals surface area contributed by atoms with Crippen LogP contribution in [0.1, 0.15) is 29.3 Å². The Bertz CT molecular complexity index is 898. The molecule has 3 rings (SSSR count). The van der Waals surface area contributed by atoms with Gasteiger partial charge in [0.05, 0.1) is 18.4 Å². The highest BCUT2D eigenvalue weighted by atomic mass is 16.5. The number of amides is 1. The quantitative estimate of drug-likeness (QED) is 0.537. The predicted molar refractivity (Wildman–Crippen MR) is 101 cm³/mol. The number of ether oxygens (including phenoxy) is 1.